The molecule has 0 saturated heterocycles. The number of rotatable bonds is 3. The van der Waals surface area contributed by atoms with Crippen LogP contribution in [0.4, 0.5) is 0 Å². The van der Waals surface area contributed by atoms with E-state index in [1.807, 2.05) is 18.2 Å². The van der Waals surface area contributed by atoms with Gasteiger partial charge in [0.1, 0.15) is 5.78 Å². The lowest BCUT2D eigenvalue weighted by molar-refractivity contribution is -0.116. The monoisotopic (exact) mass is 260 g/mol. The first kappa shape index (κ1) is 10.7. The maximum Gasteiger partial charge on any atom is 0.130 e. The van der Waals surface area contributed by atoms with Crippen LogP contribution in [0.1, 0.15) is 18.9 Å². The minimum atomic E-state index is 0.210. The van der Waals surface area contributed by atoms with E-state index in [1.165, 1.54) is 0 Å². The molecule has 0 radical (unpaired) electrons. The van der Waals surface area contributed by atoms with Crippen LogP contribution < -0.4 is 0 Å². The molecule has 1 nitrogen and oxygen atoms in total. The standard InChI is InChI=1S/C10H10BrClO/c1-7(13)2-3-8-4-5-9(12)6-10(8)11/h4-6H,2-3H2,1H3. The van der Waals surface area contributed by atoms with E-state index in [4.69, 9.17) is 11.6 Å². The molecule has 0 heterocycles. The van der Waals surface area contributed by atoms with E-state index in [9.17, 15) is 4.79 Å². The van der Waals surface area contributed by atoms with Crippen LogP contribution in [0.5, 0.6) is 0 Å². The lowest BCUT2D eigenvalue weighted by Crippen LogP contribution is -1.94. The van der Waals surface area contributed by atoms with Crippen molar-refractivity contribution in [3.05, 3.63) is 33.3 Å². The smallest absolute Gasteiger partial charge is 0.130 e. The first-order valence-electron chi connectivity index (χ1n) is 4.03. The second-order valence-corrected chi connectivity index (χ2v) is 4.23. The summed E-state index contributed by atoms with van der Waals surface area (Å²) >= 11 is 9.18. The number of ketones is 1. The van der Waals surface area contributed by atoms with Crippen molar-refractivity contribution in [1.82, 2.24) is 0 Å². The quantitative estimate of drug-likeness (QED) is 0.812. The van der Waals surface area contributed by atoms with Gasteiger partial charge in [0.2, 0.25) is 0 Å². The number of benzene rings is 1. The predicted molar refractivity (Wildman–Crippen MR) is 58.2 cm³/mol. The summed E-state index contributed by atoms with van der Waals surface area (Å²) in [6.07, 6.45) is 1.35. The summed E-state index contributed by atoms with van der Waals surface area (Å²) in [6.45, 7) is 1.60. The molecule has 0 aromatic heterocycles. The number of aryl methyl sites for hydroxylation is 1. The van der Waals surface area contributed by atoms with Gasteiger partial charge in [0.15, 0.2) is 0 Å². The summed E-state index contributed by atoms with van der Waals surface area (Å²) in [5.41, 5.74) is 1.12. The second-order valence-electron chi connectivity index (χ2n) is 2.94. The molecule has 0 unspecified atom stereocenters. The van der Waals surface area contributed by atoms with E-state index in [0.717, 1.165) is 16.5 Å². The van der Waals surface area contributed by atoms with Crippen LogP contribution >= 0.6 is 27.5 Å². The average molecular weight is 262 g/mol. The van der Waals surface area contributed by atoms with Crippen molar-refractivity contribution in [2.24, 2.45) is 0 Å². The highest BCUT2D eigenvalue weighted by Crippen LogP contribution is 2.22. The van der Waals surface area contributed by atoms with Gasteiger partial charge in [-0.1, -0.05) is 33.6 Å². The predicted octanol–water partition coefficient (Wildman–Crippen LogP) is 3.62. The third-order valence-corrected chi connectivity index (χ3v) is 2.73. The average Bonchev–Trinajstić information content (AvgIpc) is 2.02. The number of hydrogen-bond donors (Lipinski definition) is 0. The van der Waals surface area contributed by atoms with E-state index in [-0.39, 0.29) is 5.78 Å². The Kier molecular flexibility index (Phi) is 3.94. The first-order chi connectivity index (χ1) is 6.09. The number of Topliss-reactive ketones (excluding diaryl/α,β-unsaturated/α-hetero) is 1. The van der Waals surface area contributed by atoms with E-state index < -0.39 is 0 Å². The minimum Gasteiger partial charge on any atom is -0.300 e. The van der Waals surface area contributed by atoms with Crippen LogP contribution in [0.2, 0.25) is 5.02 Å². The van der Waals surface area contributed by atoms with Crippen LogP contribution in [0, 0.1) is 0 Å². The Hall–Kier alpha value is -0.340. The topological polar surface area (TPSA) is 17.1 Å². The Morgan fingerprint density at radius 2 is 2.23 bits per heavy atom. The SMILES string of the molecule is CC(=O)CCc1ccc(Cl)cc1Br. The Balaban J connectivity index is 2.72. The third-order valence-electron chi connectivity index (χ3n) is 1.76. The lowest BCUT2D eigenvalue weighted by Gasteiger charge is -2.02. The molecule has 1 aromatic carbocycles. The highest BCUT2D eigenvalue weighted by atomic mass is 79.9. The van der Waals surface area contributed by atoms with Crippen molar-refractivity contribution in [3.63, 3.8) is 0 Å². The van der Waals surface area contributed by atoms with Gasteiger partial charge in [-0.2, -0.15) is 0 Å². The van der Waals surface area contributed by atoms with Crippen LogP contribution in [0.3, 0.4) is 0 Å². The van der Waals surface area contributed by atoms with Gasteiger partial charge in [-0.25, -0.2) is 0 Å². The zero-order chi connectivity index (χ0) is 9.84. The summed E-state index contributed by atoms with van der Waals surface area (Å²) in [5, 5.41) is 0.707. The molecular weight excluding hydrogens is 251 g/mol. The highest BCUT2D eigenvalue weighted by Gasteiger charge is 2.01. The summed E-state index contributed by atoms with van der Waals surface area (Å²) in [4.78, 5) is 10.8. The van der Waals surface area contributed by atoms with Crippen LogP contribution in [-0.2, 0) is 11.2 Å². The van der Waals surface area contributed by atoms with Crippen molar-refractivity contribution >= 4 is 33.3 Å². The molecule has 0 atom stereocenters. The zero-order valence-electron chi connectivity index (χ0n) is 7.31. The van der Waals surface area contributed by atoms with Gasteiger partial charge in [-0.15, -0.1) is 0 Å². The van der Waals surface area contributed by atoms with E-state index in [2.05, 4.69) is 15.9 Å². The largest absolute Gasteiger partial charge is 0.300 e. The van der Waals surface area contributed by atoms with Gasteiger partial charge < -0.3 is 4.79 Å². The molecule has 1 rings (SSSR count). The Morgan fingerprint density at radius 1 is 1.54 bits per heavy atom. The van der Waals surface area contributed by atoms with Gasteiger partial charge in [0, 0.05) is 15.9 Å². The van der Waals surface area contributed by atoms with Gasteiger partial charge in [-0.05, 0) is 31.0 Å². The number of hydrogen-bond acceptors (Lipinski definition) is 1. The molecular formula is C10H10BrClO. The molecule has 0 aliphatic heterocycles. The number of carbonyl (C=O) groups is 1. The Bertz CT molecular complexity index is 323. The fourth-order valence-electron chi connectivity index (χ4n) is 1.04. The van der Waals surface area contributed by atoms with Crippen molar-refractivity contribution in [2.45, 2.75) is 19.8 Å². The van der Waals surface area contributed by atoms with Crippen molar-refractivity contribution in [3.8, 4) is 0 Å². The molecule has 0 aliphatic rings. The van der Waals surface area contributed by atoms with Gasteiger partial charge in [0.25, 0.3) is 0 Å². The maximum atomic E-state index is 10.8. The molecule has 0 bridgehead atoms. The van der Waals surface area contributed by atoms with Crippen molar-refractivity contribution < 1.29 is 4.79 Å². The van der Waals surface area contributed by atoms with Crippen molar-refractivity contribution in [1.29, 1.82) is 0 Å². The van der Waals surface area contributed by atoms with Gasteiger partial charge >= 0.3 is 0 Å². The molecule has 1 aromatic rings. The fourth-order valence-corrected chi connectivity index (χ4v) is 1.92. The molecule has 0 fully saturated rings. The fraction of sp³-hybridized carbons (Fsp3) is 0.300. The molecule has 0 spiro atoms. The Morgan fingerprint density at radius 3 is 2.77 bits per heavy atom. The van der Waals surface area contributed by atoms with Crippen LogP contribution in [-0.4, -0.2) is 5.78 Å². The minimum absolute atomic E-state index is 0.210. The van der Waals surface area contributed by atoms with Crippen LogP contribution in [0.25, 0.3) is 0 Å². The van der Waals surface area contributed by atoms with E-state index >= 15 is 0 Å². The molecule has 0 saturated carbocycles. The normalized spacial score (nSPS) is 10.1. The van der Waals surface area contributed by atoms with Crippen molar-refractivity contribution in [2.75, 3.05) is 0 Å². The Labute approximate surface area is 91.2 Å². The van der Waals surface area contributed by atoms with E-state index in [1.54, 1.807) is 6.92 Å². The third kappa shape index (κ3) is 3.49. The molecule has 3 heteroatoms. The first-order valence-corrected chi connectivity index (χ1v) is 5.20. The number of carbonyl (C=O) groups excluding carboxylic acids is 1. The van der Waals surface area contributed by atoms with E-state index in [0.29, 0.717) is 11.4 Å². The molecule has 0 amide bonds. The van der Waals surface area contributed by atoms with Gasteiger partial charge in [0.05, 0.1) is 0 Å². The highest BCUT2D eigenvalue weighted by molar-refractivity contribution is 9.10. The summed E-state index contributed by atoms with van der Waals surface area (Å²) < 4.78 is 0.973. The molecule has 70 valence electrons. The van der Waals surface area contributed by atoms with Crippen LogP contribution in [0.15, 0.2) is 22.7 Å². The van der Waals surface area contributed by atoms with Gasteiger partial charge in [-0.3, -0.25) is 0 Å². The molecule has 13 heavy (non-hydrogen) atoms. The maximum absolute atomic E-state index is 10.8. The second kappa shape index (κ2) is 4.77. The summed E-state index contributed by atoms with van der Waals surface area (Å²) in [6, 6.07) is 5.62. The zero-order valence-corrected chi connectivity index (χ0v) is 9.65. The number of halogens is 2. The summed E-state index contributed by atoms with van der Waals surface area (Å²) in [7, 11) is 0. The summed E-state index contributed by atoms with van der Waals surface area (Å²) in [5.74, 6) is 0.210. The lowest BCUT2D eigenvalue weighted by atomic mass is 10.1. The molecule has 0 aliphatic carbocycles. The molecule has 0 N–H and O–H groups in total.